The number of carbonyl (C=O) groups is 1. The van der Waals surface area contributed by atoms with Crippen LogP contribution >= 0.6 is 11.6 Å². The van der Waals surface area contributed by atoms with Crippen LogP contribution in [-0.2, 0) is 5.88 Å². The molecular formula is C8H5ClF3NO. The molecule has 0 aliphatic rings. The highest BCUT2D eigenvalue weighted by Crippen LogP contribution is 2.22. The fraction of sp³-hybridized carbons (Fsp3) is 0.250. The maximum atomic E-state index is 12.9. The minimum Gasteiger partial charge on any atom is -0.298 e. The van der Waals surface area contributed by atoms with Crippen LogP contribution in [0.4, 0.5) is 13.2 Å². The molecule has 0 amide bonds. The molecule has 0 fully saturated rings. The average molecular weight is 224 g/mol. The summed E-state index contributed by atoms with van der Waals surface area (Å²) in [7, 11) is 0. The molecule has 2 nitrogen and oxygen atoms in total. The molecule has 0 atom stereocenters. The Morgan fingerprint density at radius 1 is 1.57 bits per heavy atom. The highest BCUT2D eigenvalue weighted by atomic mass is 35.5. The van der Waals surface area contributed by atoms with Gasteiger partial charge in [0, 0.05) is 11.1 Å². The molecule has 1 aromatic heterocycles. The van der Waals surface area contributed by atoms with Crippen LogP contribution in [0.3, 0.4) is 0 Å². The van der Waals surface area contributed by atoms with Gasteiger partial charge in [-0.05, 0) is 6.07 Å². The van der Waals surface area contributed by atoms with E-state index in [1.54, 1.807) is 0 Å². The SMILES string of the molecule is O=Cc1cc(CCl)c(F)nc1C(F)F. The van der Waals surface area contributed by atoms with Crippen molar-refractivity contribution in [1.29, 1.82) is 0 Å². The lowest BCUT2D eigenvalue weighted by Crippen LogP contribution is -2.03. The zero-order valence-corrected chi connectivity index (χ0v) is 7.56. The molecule has 0 radical (unpaired) electrons. The first kappa shape index (κ1) is 11.0. The Bertz CT molecular complexity index is 357. The molecule has 0 N–H and O–H groups in total. The molecule has 0 aliphatic carbocycles. The zero-order valence-electron chi connectivity index (χ0n) is 6.81. The van der Waals surface area contributed by atoms with Crippen molar-refractivity contribution in [3.63, 3.8) is 0 Å². The molecule has 1 heterocycles. The monoisotopic (exact) mass is 223 g/mol. The zero-order chi connectivity index (χ0) is 10.7. The maximum absolute atomic E-state index is 12.9. The number of pyridine rings is 1. The van der Waals surface area contributed by atoms with Crippen molar-refractivity contribution in [2.45, 2.75) is 12.3 Å². The molecule has 0 unspecified atom stereocenters. The minimum absolute atomic E-state index is 0.0711. The standard InChI is InChI=1S/C8H5ClF3NO/c9-2-4-1-5(3-14)6(7(10)11)13-8(4)12/h1,3,7H,2H2. The predicted molar refractivity (Wildman–Crippen MR) is 44.1 cm³/mol. The van der Waals surface area contributed by atoms with Gasteiger partial charge in [-0.15, -0.1) is 11.6 Å². The number of halogens is 4. The van der Waals surface area contributed by atoms with E-state index in [1.807, 2.05) is 0 Å². The van der Waals surface area contributed by atoms with E-state index in [0.29, 0.717) is 0 Å². The quantitative estimate of drug-likeness (QED) is 0.448. The molecule has 0 aliphatic heterocycles. The highest BCUT2D eigenvalue weighted by Gasteiger charge is 2.18. The van der Waals surface area contributed by atoms with Gasteiger partial charge in [0.05, 0.1) is 5.88 Å². The second-order valence-electron chi connectivity index (χ2n) is 2.46. The van der Waals surface area contributed by atoms with Crippen molar-refractivity contribution < 1.29 is 18.0 Å². The molecular weight excluding hydrogens is 219 g/mol. The molecule has 0 aromatic carbocycles. The molecule has 0 spiro atoms. The van der Waals surface area contributed by atoms with Gasteiger partial charge in [0.1, 0.15) is 5.69 Å². The Labute approximate surface area is 82.7 Å². The van der Waals surface area contributed by atoms with Gasteiger partial charge < -0.3 is 0 Å². The summed E-state index contributed by atoms with van der Waals surface area (Å²) in [4.78, 5) is 13.4. The molecule has 14 heavy (non-hydrogen) atoms. The second-order valence-corrected chi connectivity index (χ2v) is 2.73. The smallest absolute Gasteiger partial charge is 0.281 e. The normalized spacial score (nSPS) is 10.6. The largest absolute Gasteiger partial charge is 0.298 e. The first-order valence-electron chi connectivity index (χ1n) is 3.58. The first-order chi connectivity index (χ1) is 6.60. The van der Waals surface area contributed by atoms with Crippen molar-refractivity contribution in [2.75, 3.05) is 0 Å². The van der Waals surface area contributed by atoms with Crippen molar-refractivity contribution in [1.82, 2.24) is 4.98 Å². The number of carbonyl (C=O) groups excluding carboxylic acids is 1. The Morgan fingerprint density at radius 2 is 2.21 bits per heavy atom. The first-order valence-corrected chi connectivity index (χ1v) is 4.12. The summed E-state index contributed by atoms with van der Waals surface area (Å²) in [5.41, 5.74) is -1.26. The third kappa shape index (κ3) is 2.04. The lowest BCUT2D eigenvalue weighted by molar-refractivity contribution is 0.110. The van der Waals surface area contributed by atoms with Crippen molar-refractivity contribution in [3.05, 3.63) is 28.8 Å². The van der Waals surface area contributed by atoms with E-state index in [2.05, 4.69) is 4.98 Å². The summed E-state index contributed by atoms with van der Waals surface area (Å²) in [6.07, 6.45) is -2.78. The van der Waals surface area contributed by atoms with Crippen LogP contribution in [0.5, 0.6) is 0 Å². The van der Waals surface area contributed by atoms with Gasteiger partial charge >= 0.3 is 0 Å². The average Bonchev–Trinajstić information content (AvgIpc) is 2.17. The van der Waals surface area contributed by atoms with Crippen LogP contribution in [-0.4, -0.2) is 11.3 Å². The lowest BCUT2D eigenvalue weighted by atomic mass is 10.1. The summed E-state index contributed by atoms with van der Waals surface area (Å²) in [5.74, 6) is -1.29. The van der Waals surface area contributed by atoms with E-state index in [0.717, 1.165) is 6.07 Å². The Balaban J connectivity index is 3.31. The summed E-state index contributed by atoms with van der Waals surface area (Å²) < 4.78 is 37.3. The van der Waals surface area contributed by atoms with Crippen molar-refractivity contribution in [3.8, 4) is 0 Å². The highest BCUT2D eigenvalue weighted by molar-refractivity contribution is 6.17. The molecule has 0 saturated heterocycles. The molecule has 6 heteroatoms. The van der Waals surface area contributed by atoms with Gasteiger partial charge in [0.15, 0.2) is 6.29 Å². The van der Waals surface area contributed by atoms with Crippen LogP contribution in [0.1, 0.15) is 28.0 Å². The van der Waals surface area contributed by atoms with E-state index in [9.17, 15) is 18.0 Å². The number of hydrogen-bond acceptors (Lipinski definition) is 2. The van der Waals surface area contributed by atoms with E-state index < -0.39 is 18.1 Å². The topological polar surface area (TPSA) is 30.0 Å². The lowest BCUT2D eigenvalue weighted by Gasteiger charge is -2.05. The molecule has 0 saturated carbocycles. The van der Waals surface area contributed by atoms with Gasteiger partial charge in [-0.25, -0.2) is 13.8 Å². The van der Waals surface area contributed by atoms with Crippen LogP contribution in [0.2, 0.25) is 0 Å². The molecule has 76 valence electrons. The number of alkyl halides is 3. The Kier molecular flexibility index (Phi) is 3.46. The van der Waals surface area contributed by atoms with Crippen molar-refractivity contribution in [2.24, 2.45) is 0 Å². The maximum Gasteiger partial charge on any atom is 0.281 e. The molecule has 1 aromatic rings. The Morgan fingerprint density at radius 3 is 2.64 bits per heavy atom. The number of nitrogens with zero attached hydrogens (tertiary/aromatic N) is 1. The summed E-state index contributed by atoms with van der Waals surface area (Å²) >= 11 is 5.31. The summed E-state index contributed by atoms with van der Waals surface area (Å²) in [5, 5.41) is 0. The van der Waals surface area contributed by atoms with Gasteiger partial charge in [-0.3, -0.25) is 4.79 Å². The van der Waals surface area contributed by atoms with E-state index in [1.165, 1.54) is 0 Å². The van der Waals surface area contributed by atoms with Crippen LogP contribution in [0.25, 0.3) is 0 Å². The number of rotatable bonds is 3. The molecule has 1 rings (SSSR count). The van der Waals surface area contributed by atoms with Crippen molar-refractivity contribution >= 4 is 17.9 Å². The number of hydrogen-bond donors (Lipinski definition) is 0. The Hall–Kier alpha value is -1.10. The van der Waals surface area contributed by atoms with E-state index in [4.69, 9.17) is 11.6 Å². The van der Waals surface area contributed by atoms with E-state index in [-0.39, 0.29) is 23.3 Å². The van der Waals surface area contributed by atoms with Crippen LogP contribution in [0.15, 0.2) is 6.07 Å². The predicted octanol–water partition coefficient (Wildman–Crippen LogP) is 2.71. The van der Waals surface area contributed by atoms with Crippen LogP contribution in [0, 0.1) is 5.95 Å². The summed E-state index contributed by atoms with van der Waals surface area (Å²) in [6.45, 7) is 0. The second kappa shape index (κ2) is 4.41. The number of aldehydes is 1. The van der Waals surface area contributed by atoms with Gasteiger partial charge in [-0.2, -0.15) is 4.39 Å². The van der Waals surface area contributed by atoms with Gasteiger partial charge in [0.2, 0.25) is 5.95 Å². The third-order valence-corrected chi connectivity index (χ3v) is 1.87. The summed E-state index contributed by atoms with van der Waals surface area (Å²) in [6, 6.07) is 0.976. The van der Waals surface area contributed by atoms with Gasteiger partial charge in [0.25, 0.3) is 6.43 Å². The van der Waals surface area contributed by atoms with Gasteiger partial charge in [-0.1, -0.05) is 0 Å². The third-order valence-electron chi connectivity index (χ3n) is 1.59. The fourth-order valence-corrected chi connectivity index (χ4v) is 1.11. The minimum atomic E-state index is -2.98. The van der Waals surface area contributed by atoms with E-state index >= 15 is 0 Å². The fourth-order valence-electron chi connectivity index (χ4n) is 0.926. The number of aromatic nitrogens is 1. The van der Waals surface area contributed by atoms with Crippen LogP contribution < -0.4 is 0 Å². The molecule has 0 bridgehead atoms.